The van der Waals surface area contributed by atoms with E-state index in [0.717, 1.165) is 19.0 Å². The Morgan fingerprint density at radius 2 is 2.06 bits per heavy atom. The van der Waals surface area contributed by atoms with Gasteiger partial charge in [0.15, 0.2) is 0 Å². The van der Waals surface area contributed by atoms with Crippen molar-refractivity contribution in [2.45, 2.75) is 18.8 Å². The average molecular weight is 287 g/mol. The van der Waals surface area contributed by atoms with Crippen LogP contribution >= 0.6 is 23.1 Å². The van der Waals surface area contributed by atoms with Crippen LogP contribution < -0.4 is 4.90 Å². The fraction of sp³-hybridized carbons (Fsp3) is 0.727. The van der Waals surface area contributed by atoms with Gasteiger partial charge in [-0.05, 0) is 24.4 Å². The highest BCUT2D eigenvalue weighted by atomic mass is 35.5. The van der Waals surface area contributed by atoms with Gasteiger partial charge in [-0.25, -0.2) is 4.98 Å². The summed E-state index contributed by atoms with van der Waals surface area (Å²) in [4.78, 5) is 20.0. The summed E-state index contributed by atoms with van der Waals surface area (Å²) in [5.74, 6) is 1.58. The van der Waals surface area contributed by atoms with Gasteiger partial charge in [0.1, 0.15) is 10.9 Å². The first-order valence-corrected chi connectivity index (χ1v) is 7.51. The molecule has 0 unspecified atom stereocenters. The van der Waals surface area contributed by atoms with Crippen LogP contribution in [0.25, 0.3) is 0 Å². The summed E-state index contributed by atoms with van der Waals surface area (Å²) in [6, 6.07) is 0. The number of halogens is 1. The van der Waals surface area contributed by atoms with E-state index >= 15 is 0 Å². The number of hydrogen-bond acceptors (Lipinski definition) is 5. The lowest BCUT2D eigenvalue weighted by Gasteiger charge is -2.33. The molecule has 0 radical (unpaired) electrons. The minimum absolute atomic E-state index is 0.0150. The van der Waals surface area contributed by atoms with Crippen molar-refractivity contribution < 1.29 is 4.79 Å². The van der Waals surface area contributed by atoms with Gasteiger partial charge in [-0.3, -0.25) is 4.79 Å². The molecule has 1 aliphatic carbocycles. The van der Waals surface area contributed by atoms with Crippen molar-refractivity contribution in [3.05, 3.63) is 5.01 Å². The molecule has 0 N–H and O–H groups in total. The Bertz CT molecular complexity index is 440. The van der Waals surface area contributed by atoms with E-state index in [1.165, 1.54) is 29.4 Å². The van der Waals surface area contributed by atoms with Crippen molar-refractivity contribution >= 4 is 35.0 Å². The predicted molar refractivity (Wildman–Crippen MR) is 71.4 cm³/mol. The second-order valence-electron chi connectivity index (χ2n) is 4.71. The number of aromatic nitrogens is 2. The first-order valence-electron chi connectivity index (χ1n) is 6.20. The number of carbonyl (C=O) groups excluding carboxylic acids is 1. The van der Waals surface area contributed by atoms with E-state index in [1.54, 1.807) is 4.90 Å². The lowest BCUT2D eigenvalue weighted by atomic mass is 10.3. The minimum Gasteiger partial charge on any atom is -0.338 e. The largest absolute Gasteiger partial charge is 0.338 e. The molecule has 3 rings (SSSR count). The monoisotopic (exact) mass is 286 g/mol. The zero-order valence-corrected chi connectivity index (χ0v) is 11.6. The lowest BCUT2D eigenvalue weighted by Crippen LogP contribution is -2.49. The van der Waals surface area contributed by atoms with E-state index in [0.29, 0.717) is 19.0 Å². The number of amides is 1. The van der Waals surface area contributed by atoms with Crippen molar-refractivity contribution in [3.63, 3.8) is 0 Å². The van der Waals surface area contributed by atoms with E-state index < -0.39 is 0 Å². The number of hydrogen-bond donors (Lipinski definition) is 0. The van der Waals surface area contributed by atoms with Crippen molar-refractivity contribution in [1.82, 2.24) is 14.3 Å². The standard InChI is InChI=1S/C11H15ClN4OS/c12-7-9(17)15-3-5-16(6-4-15)11-13-10(18-14-11)8-1-2-8/h8H,1-7H2. The minimum atomic E-state index is 0.0150. The zero-order valence-electron chi connectivity index (χ0n) is 10.0. The second-order valence-corrected chi connectivity index (χ2v) is 5.76. The van der Waals surface area contributed by atoms with Crippen LogP contribution in [0, 0.1) is 0 Å². The summed E-state index contributed by atoms with van der Waals surface area (Å²) in [6.07, 6.45) is 2.51. The normalized spacial score (nSPS) is 20.3. The second kappa shape index (κ2) is 5.01. The van der Waals surface area contributed by atoms with Crippen molar-refractivity contribution in [2.24, 2.45) is 0 Å². The lowest BCUT2D eigenvalue weighted by molar-refractivity contribution is -0.128. The van der Waals surface area contributed by atoms with Gasteiger partial charge in [-0.2, -0.15) is 4.37 Å². The van der Waals surface area contributed by atoms with Gasteiger partial charge in [-0.1, -0.05) is 0 Å². The molecular formula is C11H15ClN4OS. The smallest absolute Gasteiger partial charge is 0.237 e. The van der Waals surface area contributed by atoms with Crippen LogP contribution in [0.15, 0.2) is 0 Å². The molecule has 1 aromatic heterocycles. The molecule has 1 saturated carbocycles. The number of nitrogens with zero attached hydrogens (tertiary/aromatic N) is 4. The van der Waals surface area contributed by atoms with Gasteiger partial charge in [0.05, 0.1) is 0 Å². The SMILES string of the molecule is O=C(CCl)N1CCN(c2nsc(C3CC3)n2)CC1. The van der Waals surface area contributed by atoms with Gasteiger partial charge < -0.3 is 9.80 Å². The number of rotatable bonds is 3. The fourth-order valence-electron chi connectivity index (χ4n) is 2.09. The van der Waals surface area contributed by atoms with E-state index in [9.17, 15) is 4.79 Å². The van der Waals surface area contributed by atoms with Gasteiger partial charge in [-0.15, -0.1) is 11.6 Å². The third kappa shape index (κ3) is 2.44. The molecule has 0 spiro atoms. The molecule has 2 fully saturated rings. The number of anilines is 1. The predicted octanol–water partition coefficient (Wildman–Crippen LogP) is 1.30. The number of alkyl halides is 1. The Morgan fingerprint density at radius 3 is 2.67 bits per heavy atom. The van der Waals surface area contributed by atoms with E-state index in [-0.39, 0.29) is 11.8 Å². The Labute approximate surface area is 115 Å². The molecule has 1 aromatic rings. The van der Waals surface area contributed by atoms with Crippen LogP contribution in [-0.4, -0.2) is 52.2 Å². The van der Waals surface area contributed by atoms with Gasteiger partial charge in [0.25, 0.3) is 0 Å². The molecule has 0 aromatic carbocycles. The molecule has 5 nitrogen and oxygen atoms in total. The molecule has 0 bridgehead atoms. The van der Waals surface area contributed by atoms with E-state index in [4.69, 9.17) is 11.6 Å². The topological polar surface area (TPSA) is 49.3 Å². The summed E-state index contributed by atoms with van der Waals surface area (Å²) in [5.41, 5.74) is 0. The quantitative estimate of drug-likeness (QED) is 0.786. The van der Waals surface area contributed by atoms with E-state index in [1.807, 2.05) is 0 Å². The molecule has 0 atom stereocenters. The van der Waals surface area contributed by atoms with Crippen molar-refractivity contribution in [1.29, 1.82) is 0 Å². The average Bonchev–Trinajstić information content (AvgIpc) is 3.16. The molecule has 98 valence electrons. The molecule has 1 amide bonds. The molecule has 2 heterocycles. The molecular weight excluding hydrogens is 272 g/mol. The maximum atomic E-state index is 11.5. The highest BCUT2D eigenvalue weighted by Gasteiger charge is 2.29. The van der Waals surface area contributed by atoms with Crippen LogP contribution in [0.1, 0.15) is 23.8 Å². The molecule has 7 heteroatoms. The number of piperazine rings is 1. The molecule has 1 aliphatic heterocycles. The molecule has 2 aliphatic rings. The highest BCUT2D eigenvalue weighted by molar-refractivity contribution is 7.05. The van der Waals surface area contributed by atoms with Gasteiger partial charge in [0.2, 0.25) is 11.9 Å². The summed E-state index contributed by atoms with van der Waals surface area (Å²) >= 11 is 7.08. The summed E-state index contributed by atoms with van der Waals surface area (Å²) in [6.45, 7) is 3.01. The fourth-order valence-corrected chi connectivity index (χ4v) is 3.10. The Hall–Kier alpha value is -0.880. The highest BCUT2D eigenvalue weighted by Crippen LogP contribution is 2.41. The molecule has 1 saturated heterocycles. The zero-order chi connectivity index (χ0) is 12.5. The number of carbonyl (C=O) groups is 1. The maximum Gasteiger partial charge on any atom is 0.237 e. The third-order valence-electron chi connectivity index (χ3n) is 3.39. The summed E-state index contributed by atoms with van der Waals surface area (Å²) in [7, 11) is 0. The van der Waals surface area contributed by atoms with Crippen LogP contribution in [0.2, 0.25) is 0 Å². The Kier molecular flexibility index (Phi) is 3.39. The van der Waals surface area contributed by atoms with Crippen molar-refractivity contribution in [2.75, 3.05) is 37.0 Å². The first kappa shape index (κ1) is 12.2. The molecule has 18 heavy (non-hydrogen) atoms. The third-order valence-corrected chi connectivity index (χ3v) is 4.48. The summed E-state index contributed by atoms with van der Waals surface area (Å²) in [5, 5.41) is 1.17. The van der Waals surface area contributed by atoms with Gasteiger partial charge in [0, 0.05) is 32.1 Å². The Morgan fingerprint density at radius 1 is 1.33 bits per heavy atom. The Balaban J connectivity index is 1.59. The first-order chi connectivity index (χ1) is 8.78. The van der Waals surface area contributed by atoms with Crippen molar-refractivity contribution in [3.8, 4) is 0 Å². The van der Waals surface area contributed by atoms with Crippen LogP contribution in [0.4, 0.5) is 5.95 Å². The summed E-state index contributed by atoms with van der Waals surface area (Å²) < 4.78 is 4.42. The van der Waals surface area contributed by atoms with Crippen LogP contribution in [-0.2, 0) is 4.79 Å². The van der Waals surface area contributed by atoms with E-state index in [2.05, 4.69) is 14.3 Å². The van der Waals surface area contributed by atoms with Crippen LogP contribution in [0.3, 0.4) is 0 Å². The van der Waals surface area contributed by atoms with Gasteiger partial charge >= 0.3 is 0 Å². The maximum absolute atomic E-state index is 11.5. The van der Waals surface area contributed by atoms with Crippen LogP contribution in [0.5, 0.6) is 0 Å².